The third kappa shape index (κ3) is 14.3. The second-order valence-electron chi connectivity index (χ2n) is 6.68. The predicted octanol–water partition coefficient (Wildman–Crippen LogP) is 5.04. The molecule has 0 rings (SSSR count). The van der Waals surface area contributed by atoms with Crippen LogP contribution < -0.4 is 0 Å². The van der Waals surface area contributed by atoms with Gasteiger partial charge in [0.1, 0.15) is 6.10 Å². The number of ether oxygens (including phenoxy) is 2. The Kier molecular flexibility index (Phi) is 13.9. The lowest BCUT2D eigenvalue weighted by atomic mass is 10.1. The maximum Gasteiger partial charge on any atom is 0.306 e. The van der Waals surface area contributed by atoms with Crippen LogP contribution in [0.4, 0.5) is 0 Å². The van der Waals surface area contributed by atoms with Crippen LogP contribution in [0.15, 0.2) is 0 Å². The van der Waals surface area contributed by atoms with E-state index in [0.717, 1.165) is 51.4 Å². The summed E-state index contributed by atoms with van der Waals surface area (Å²) in [4.78, 5) is 23.3. The summed E-state index contributed by atoms with van der Waals surface area (Å²) < 4.78 is 10.7. The lowest BCUT2D eigenvalue weighted by molar-refractivity contribution is -0.150. The fourth-order valence-electron chi connectivity index (χ4n) is 2.31. The van der Waals surface area contributed by atoms with Crippen molar-refractivity contribution in [3.63, 3.8) is 0 Å². The van der Waals surface area contributed by atoms with E-state index in [1.54, 1.807) is 0 Å². The summed E-state index contributed by atoms with van der Waals surface area (Å²) in [6, 6.07) is 0. The first-order chi connectivity index (χ1) is 11.0. The monoisotopic (exact) mass is 328 g/mol. The molecule has 0 radical (unpaired) electrons. The maximum absolute atomic E-state index is 11.9. The number of carbonyl (C=O) groups excluding carboxylic acids is 2. The van der Waals surface area contributed by atoms with E-state index in [4.69, 9.17) is 9.47 Å². The van der Waals surface area contributed by atoms with E-state index in [0.29, 0.717) is 25.4 Å². The zero-order valence-electron chi connectivity index (χ0n) is 15.6. The summed E-state index contributed by atoms with van der Waals surface area (Å²) in [6.07, 6.45) is 8.59. The topological polar surface area (TPSA) is 52.6 Å². The molecule has 0 aromatic heterocycles. The molecule has 0 heterocycles. The Labute approximate surface area is 142 Å². The first kappa shape index (κ1) is 21.9. The van der Waals surface area contributed by atoms with Crippen molar-refractivity contribution >= 4 is 11.9 Å². The van der Waals surface area contributed by atoms with Crippen molar-refractivity contribution in [2.45, 2.75) is 98.0 Å². The van der Waals surface area contributed by atoms with Crippen molar-refractivity contribution < 1.29 is 19.1 Å². The number of carbonyl (C=O) groups is 2. The minimum absolute atomic E-state index is 0.0819. The van der Waals surface area contributed by atoms with Crippen molar-refractivity contribution in [1.82, 2.24) is 0 Å². The third-order valence-corrected chi connectivity index (χ3v) is 3.63. The molecule has 0 bridgehead atoms. The molecule has 23 heavy (non-hydrogen) atoms. The molecular formula is C19H36O4. The van der Waals surface area contributed by atoms with Gasteiger partial charge >= 0.3 is 11.9 Å². The molecule has 0 aromatic carbocycles. The van der Waals surface area contributed by atoms with Crippen LogP contribution in [0.2, 0.25) is 0 Å². The maximum atomic E-state index is 11.9. The van der Waals surface area contributed by atoms with E-state index < -0.39 is 0 Å². The summed E-state index contributed by atoms with van der Waals surface area (Å²) in [5.74, 6) is 0.142. The quantitative estimate of drug-likeness (QED) is 0.331. The molecule has 4 nitrogen and oxygen atoms in total. The first-order valence-electron chi connectivity index (χ1n) is 9.34. The van der Waals surface area contributed by atoms with E-state index in [2.05, 4.69) is 13.8 Å². The van der Waals surface area contributed by atoms with Gasteiger partial charge in [-0.2, -0.15) is 0 Å². The van der Waals surface area contributed by atoms with Crippen LogP contribution in [0.5, 0.6) is 0 Å². The molecule has 1 unspecified atom stereocenters. The van der Waals surface area contributed by atoms with Crippen molar-refractivity contribution in [1.29, 1.82) is 0 Å². The highest BCUT2D eigenvalue weighted by atomic mass is 16.5. The molecule has 1 atom stereocenters. The SMILES string of the molecule is CCCCC(CCC)OC(=O)CCCCCC(=O)OCC(C)C. The number of hydrogen-bond donors (Lipinski definition) is 0. The van der Waals surface area contributed by atoms with Gasteiger partial charge in [0, 0.05) is 12.8 Å². The minimum atomic E-state index is -0.135. The van der Waals surface area contributed by atoms with Crippen LogP contribution in [-0.4, -0.2) is 24.6 Å². The summed E-state index contributed by atoms with van der Waals surface area (Å²) >= 11 is 0. The Balaban J connectivity index is 3.70. The minimum Gasteiger partial charge on any atom is -0.465 e. The van der Waals surface area contributed by atoms with E-state index in [-0.39, 0.29) is 18.0 Å². The van der Waals surface area contributed by atoms with Gasteiger partial charge in [-0.15, -0.1) is 0 Å². The average molecular weight is 328 g/mol. The Morgan fingerprint density at radius 2 is 1.48 bits per heavy atom. The lowest BCUT2D eigenvalue weighted by Crippen LogP contribution is -2.18. The highest BCUT2D eigenvalue weighted by molar-refractivity contribution is 5.70. The van der Waals surface area contributed by atoms with Gasteiger partial charge in [0.2, 0.25) is 0 Å². The van der Waals surface area contributed by atoms with Crippen LogP contribution in [0.3, 0.4) is 0 Å². The number of esters is 2. The second kappa shape index (κ2) is 14.5. The van der Waals surface area contributed by atoms with E-state index in [1.807, 2.05) is 13.8 Å². The van der Waals surface area contributed by atoms with Gasteiger partial charge in [0.25, 0.3) is 0 Å². The fraction of sp³-hybridized carbons (Fsp3) is 0.895. The zero-order valence-corrected chi connectivity index (χ0v) is 15.6. The molecule has 136 valence electrons. The van der Waals surface area contributed by atoms with Gasteiger partial charge in [-0.1, -0.05) is 53.4 Å². The van der Waals surface area contributed by atoms with Gasteiger partial charge in [0.05, 0.1) is 6.61 Å². The van der Waals surface area contributed by atoms with Crippen molar-refractivity contribution in [2.75, 3.05) is 6.61 Å². The largest absolute Gasteiger partial charge is 0.465 e. The molecule has 0 fully saturated rings. The molecule has 4 heteroatoms. The molecular weight excluding hydrogens is 292 g/mol. The molecule has 0 spiro atoms. The molecule has 0 aliphatic heterocycles. The van der Waals surface area contributed by atoms with Gasteiger partial charge < -0.3 is 9.47 Å². The van der Waals surface area contributed by atoms with Crippen molar-refractivity contribution in [3.8, 4) is 0 Å². The molecule has 0 amide bonds. The van der Waals surface area contributed by atoms with Crippen LogP contribution in [0.1, 0.15) is 91.9 Å². The number of unbranched alkanes of at least 4 members (excludes halogenated alkanes) is 3. The van der Waals surface area contributed by atoms with Crippen molar-refractivity contribution in [2.24, 2.45) is 5.92 Å². The Hall–Kier alpha value is -1.06. The predicted molar refractivity (Wildman–Crippen MR) is 93.2 cm³/mol. The molecule has 0 aliphatic rings. The molecule has 0 N–H and O–H groups in total. The average Bonchev–Trinajstić information content (AvgIpc) is 2.50. The van der Waals surface area contributed by atoms with E-state index in [1.165, 1.54) is 0 Å². The fourth-order valence-corrected chi connectivity index (χ4v) is 2.31. The standard InChI is InChI=1S/C19H36O4/c1-5-7-12-17(11-6-2)23-19(21)14-10-8-9-13-18(20)22-15-16(3)4/h16-17H,5-15H2,1-4H3. The zero-order chi connectivity index (χ0) is 17.5. The van der Waals surface area contributed by atoms with Crippen LogP contribution in [-0.2, 0) is 19.1 Å². The van der Waals surface area contributed by atoms with E-state index >= 15 is 0 Å². The van der Waals surface area contributed by atoms with Gasteiger partial charge in [-0.05, 0) is 31.6 Å². The number of hydrogen-bond acceptors (Lipinski definition) is 4. The van der Waals surface area contributed by atoms with Gasteiger partial charge in [-0.25, -0.2) is 0 Å². The molecule has 0 aromatic rings. The summed E-state index contributed by atoms with van der Waals surface area (Å²) in [5.41, 5.74) is 0. The summed E-state index contributed by atoms with van der Waals surface area (Å²) in [6.45, 7) is 8.79. The first-order valence-corrected chi connectivity index (χ1v) is 9.34. The van der Waals surface area contributed by atoms with Crippen LogP contribution in [0, 0.1) is 5.92 Å². The third-order valence-electron chi connectivity index (χ3n) is 3.63. The lowest BCUT2D eigenvalue weighted by Gasteiger charge is -2.17. The normalized spacial score (nSPS) is 12.2. The highest BCUT2D eigenvalue weighted by Crippen LogP contribution is 2.13. The van der Waals surface area contributed by atoms with Crippen molar-refractivity contribution in [3.05, 3.63) is 0 Å². The Bertz CT molecular complexity index is 312. The molecule has 0 saturated carbocycles. The number of rotatable bonds is 14. The molecule has 0 aliphatic carbocycles. The van der Waals surface area contributed by atoms with Gasteiger partial charge in [-0.3, -0.25) is 9.59 Å². The smallest absolute Gasteiger partial charge is 0.306 e. The molecule has 0 saturated heterocycles. The Morgan fingerprint density at radius 3 is 2.04 bits per heavy atom. The highest BCUT2D eigenvalue weighted by Gasteiger charge is 2.13. The van der Waals surface area contributed by atoms with Crippen LogP contribution >= 0.6 is 0 Å². The Morgan fingerprint density at radius 1 is 0.826 bits per heavy atom. The van der Waals surface area contributed by atoms with Crippen LogP contribution in [0.25, 0.3) is 0 Å². The van der Waals surface area contributed by atoms with Gasteiger partial charge in [0.15, 0.2) is 0 Å². The summed E-state index contributed by atoms with van der Waals surface area (Å²) in [5, 5.41) is 0. The second-order valence-corrected chi connectivity index (χ2v) is 6.68. The summed E-state index contributed by atoms with van der Waals surface area (Å²) in [7, 11) is 0. The van der Waals surface area contributed by atoms with E-state index in [9.17, 15) is 9.59 Å².